The summed E-state index contributed by atoms with van der Waals surface area (Å²) < 4.78 is 13.0. The number of benzene rings is 2. The van der Waals surface area contributed by atoms with Crippen LogP contribution in [0.4, 0.5) is 14.9 Å². The molecule has 1 N–H and O–H groups in total. The predicted molar refractivity (Wildman–Crippen MR) is 105 cm³/mol. The van der Waals surface area contributed by atoms with E-state index in [1.165, 1.54) is 23.1 Å². The van der Waals surface area contributed by atoms with Crippen LogP contribution in [0.5, 0.6) is 0 Å². The Morgan fingerprint density at radius 2 is 1.85 bits per heavy atom. The van der Waals surface area contributed by atoms with E-state index in [9.17, 15) is 9.18 Å². The van der Waals surface area contributed by atoms with Crippen LogP contribution in [0.15, 0.2) is 60.8 Å². The number of amides is 2. The summed E-state index contributed by atoms with van der Waals surface area (Å²) in [7, 11) is 0. The van der Waals surface area contributed by atoms with Crippen LogP contribution in [0.2, 0.25) is 0 Å². The standard InChI is InChI=1S/C22H22FN3O/c23-19-5-7-20(8-6-19)25-22(27)26-11-9-16(10-12-26)13-17-14-18-3-1-2-4-21(18)24-15-17/h1-8,14-16H,9-13H2,(H,25,27). The third-order valence-electron chi connectivity index (χ3n) is 5.17. The minimum absolute atomic E-state index is 0.118. The number of pyridine rings is 1. The highest BCUT2D eigenvalue weighted by Crippen LogP contribution is 2.23. The highest BCUT2D eigenvalue weighted by atomic mass is 19.1. The van der Waals surface area contributed by atoms with Crippen LogP contribution in [0.3, 0.4) is 0 Å². The van der Waals surface area contributed by atoms with Crippen molar-refractivity contribution in [2.24, 2.45) is 5.92 Å². The van der Waals surface area contributed by atoms with Gasteiger partial charge in [0.1, 0.15) is 5.82 Å². The molecular weight excluding hydrogens is 341 g/mol. The van der Waals surface area contributed by atoms with E-state index in [-0.39, 0.29) is 11.8 Å². The number of urea groups is 1. The molecule has 1 aliphatic rings. The summed E-state index contributed by atoms with van der Waals surface area (Å²) in [5.41, 5.74) is 2.89. The molecule has 4 rings (SSSR count). The lowest BCUT2D eigenvalue weighted by atomic mass is 9.90. The summed E-state index contributed by atoms with van der Waals surface area (Å²) in [4.78, 5) is 18.7. The lowest BCUT2D eigenvalue weighted by molar-refractivity contribution is 0.182. The Morgan fingerprint density at radius 3 is 2.63 bits per heavy atom. The molecule has 5 heteroatoms. The van der Waals surface area contributed by atoms with Gasteiger partial charge >= 0.3 is 6.03 Å². The Labute approximate surface area is 158 Å². The monoisotopic (exact) mass is 363 g/mol. The second-order valence-electron chi connectivity index (χ2n) is 7.11. The number of likely N-dealkylation sites (tertiary alicyclic amines) is 1. The number of rotatable bonds is 3. The third kappa shape index (κ3) is 4.25. The number of para-hydroxylation sites is 1. The Kier molecular flexibility index (Phi) is 5.01. The van der Waals surface area contributed by atoms with Crippen LogP contribution in [0, 0.1) is 11.7 Å². The maximum Gasteiger partial charge on any atom is 0.321 e. The summed E-state index contributed by atoms with van der Waals surface area (Å²) >= 11 is 0. The third-order valence-corrected chi connectivity index (χ3v) is 5.17. The first-order chi connectivity index (χ1) is 13.2. The Morgan fingerprint density at radius 1 is 1.11 bits per heavy atom. The molecule has 4 nitrogen and oxygen atoms in total. The SMILES string of the molecule is O=C(Nc1ccc(F)cc1)N1CCC(Cc2cnc3ccccc3c2)CC1. The van der Waals surface area contributed by atoms with Crippen LogP contribution in [-0.4, -0.2) is 29.0 Å². The zero-order chi connectivity index (χ0) is 18.6. The van der Waals surface area contributed by atoms with Gasteiger partial charge in [-0.1, -0.05) is 18.2 Å². The molecule has 2 heterocycles. The second-order valence-corrected chi connectivity index (χ2v) is 7.11. The maximum atomic E-state index is 13.0. The van der Waals surface area contributed by atoms with Crippen LogP contribution in [-0.2, 0) is 6.42 Å². The summed E-state index contributed by atoms with van der Waals surface area (Å²) in [6.45, 7) is 1.47. The summed E-state index contributed by atoms with van der Waals surface area (Å²) in [6, 6.07) is 16.1. The number of nitrogens with zero attached hydrogens (tertiary/aromatic N) is 2. The van der Waals surface area contributed by atoms with E-state index < -0.39 is 0 Å². The van der Waals surface area contributed by atoms with E-state index in [1.807, 2.05) is 29.3 Å². The lowest BCUT2D eigenvalue weighted by Crippen LogP contribution is -2.41. The summed E-state index contributed by atoms with van der Waals surface area (Å²) in [5, 5.41) is 4.01. The van der Waals surface area contributed by atoms with Gasteiger partial charge in [0.15, 0.2) is 0 Å². The molecule has 3 aromatic rings. The van der Waals surface area contributed by atoms with E-state index >= 15 is 0 Å². The number of piperidine rings is 1. The van der Waals surface area contributed by atoms with Crippen molar-refractivity contribution in [1.82, 2.24) is 9.88 Å². The van der Waals surface area contributed by atoms with Gasteiger partial charge < -0.3 is 10.2 Å². The van der Waals surface area contributed by atoms with Crippen molar-refractivity contribution in [3.05, 3.63) is 72.2 Å². The number of carbonyl (C=O) groups excluding carboxylic acids is 1. The van der Waals surface area contributed by atoms with Gasteiger partial charge in [0, 0.05) is 30.4 Å². The topological polar surface area (TPSA) is 45.2 Å². The number of fused-ring (bicyclic) bond motifs is 1. The van der Waals surface area contributed by atoms with E-state index in [0.717, 1.165) is 37.9 Å². The predicted octanol–water partition coefficient (Wildman–Crippen LogP) is 4.86. The Hall–Kier alpha value is -2.95. The molecule has 2 amide bonds. The van der Waals surface area contributed by atoms with Gasteiger partial charge in [0.05, 0.1) is 5.52 Å². The molecule has 1 fully saturated rings. The average Bonchev–Trinajstić information content (AvgIpc) is 2.70. The first-order valence-corrected chi connectivity index (χ1v) is 9.32. The molecule has 27 heavy (non-hydrogen) atoms. The number of halogens is 1. The first-order valence-electron chi connectivity index (χ1n) is 9.32. The average molecular weight is 363 g/mol. The molecule has 0 bridgehead atoms. The zero-order valence-corrected chi connectivity index (χ0v) is 15.1. The maximum absolute atomic E-state index is 13.0. The molecule has 1 aromatic heterocycles. The number of nitrogens with one attached hydrogen (secondary N) is 1. The Bertz CT molecular complexity index is 934. The fourth-order valence-electron chi connectivity index (χ4n) is 3.64. The number of aromatic nitrogens is 1. The summed E-state index contributed by atoms with van der Waals surface area (Å²) in [6.07, 6.45) is 4.91. The molecule has 138 valence electrons. The highest BCUT2D eigenvalue weighted by Gasteiger charge is 2.23. The smallest absolute Gasteiger partial charge is 0.321 e. The molecule has 0 radical (unpaired) electrons. The van der Waals surface area contributed by atoms with Crippen LogP contribution in [0.1, 0.15) is 18.4 Å². The first kappa shape index (κ1) is 17.5. The number of hydrogen-bond acceptors (Lipinski definition) is 2. The van der Waals surface area contributed by atoms with Crippen LogP contribution < -0.4 is 5.32 Å². The van der Waals surface area contributed by atoms with Crippen molar-refractivity contribution in [3.63, 3.8) is 0 Å². The lowest BCUT2D eigenvalue weighted by Gasteiger charge is -2.32. The van der Waals surface area contributed by atoms with Crippen molar-refractivity contribution in [1.29, 1.82) is 0 Å². The fraction of sp³-hybridized carbons (Fsp3) is 0.273. The quantitative estimate of drug-likeness (QED) is 0.722. The fourth-order valence-corrected chi connectivity index (χ4v) is 3.64. The number of hydrogen-bond donors (Lipinski definition) is 1. The number of carbonyl (C=O) groups is 1. The molecule has 1 aliphatic heterocycles. The Balaban J connectivity index is 1.31. The minimum Gasteiger partial charge on any atom is -0.325 e. The molecular formula is C22H22FN3O. The molecule has 2 aromatic carbocycles. The van der Waals surface area contributed by atoms with E-state index in [2.05, 4.69) is 22.4 Å². The van der Waals surface area contributed by atoms with Gasteiger partial charge in [-0.15, -0.1) is 0 Å². The van der Waals surface area contributed by atoms with Gasteiger partial charge in [0.2, 0.25) is 0 Å². The van der Waals surface area contributed by atoms with Gasteiger partial charge in [-0.05, 0) is 67.1 Å². The molecule has 0 atom stereocenters. The molecule has 1 saturated heterocycles. The van der Waals surface area contributed by atoms with Gasteiger partial charge in [-0.25, -0.2) is 9.18 Å². The van der Waals surface area contributed by atoms with Crippen LogP contribution in [0.25, 0.3) is 10.9 Å². The van der Waals surface area contributed by atoms with Gasteiger partial charge in [-0.2, -0.15) is 0 Å². The van der Waals surface area contributed by atoms with Crippen molar-refractivity contribution in [3.8, 4) is 0 Å². The molecule has 0 spiro atoms. The van der Waals surface area contributed by atoms with Crippen molar-refractivity contribution < 1.29 is 9.18 Å². The summed E-state index contributed by atoms with van der Waals surface area (Å²) in [5.74, 6) is 0.250. The second kappa shape index (κ2) is 7.74. The van der Waals surface area contributed by atoms with Crippen LogP contribution >= 0.6 is 0 Å². The number of anilines is 1. The van der Waals surface area contributed by atoms with E-state index in [4.69, 9.17) is 0 Å². The molecule has 0 aliphatic carbocycles. The van der Waals surface area contributed by atoms with E-state index in [1.54, 1.807) is 12.1 Å². The molecule has 0 saturated carbocycles. The van der Waals surface area contributed by atoms with Crippen molar-refractivity contribution >= 4 is 22.6 Å². The normalized spacial score (nSPS) is 15.1. The minimum atomic E-state index is -0.308. The van der Waals surface area contributed by atoms with Crippen molar-refractivity contribution in [2.75, 3.05) is 18.4 Å². The molecule has 0 unspecified atom stereocenters. The van der Waals surface area contributed by atoms with E-state index in [0.29, 0.717) is 11.6 Å². The van der Waals surface area contributed by atoms with Gasteiger partial charge in [0.25, 0.3) is 0 Å². The van der Waals surface area contributed by atoms with Crippen molar-refractivity contribution in [2.45, 2.75) is 19.3 Å². The highest BCUT2D eigenvalue weighted by molar-refractivity contribution is 5.89. The van der Waals surface area contributed by atoms with Gasteiger partial charge in [-0.3, -0.25) is 4.98 Å². The largest absolute Gasteiger partial charge is 0.325 e. The zero-order valence-electron chi connectivity index (χ0n) is 15.1.